The average Bonchev–Trinajstić information content (AvgIpc) is 2.21. The number of aliphatic carboxylic acids is 1. The largest absolute Gasteiger partial charge is 0.480 e. The molecule has 1 atom stereocenters. The van der Waals surface area contributed by atoms with Crippen LogP contribution in [0.4, 0.5) is 11.4 Å². The number of nitrogens with zero attached hydrogens (tertiary/aromatic N) is 1. The van der Waals surface area contributed by atoms with E-state index in [0.29, 0.717) is 12.2 Å². The van der Waals surface area contributed by atoms with Crippen LogP contribution in [0.3, 0.4) is 0 Å². The molecule has 1 aromatic carbocycles. The molecular formula is C12H18N2O2. The third-order valence-electron chi connectivity index (χ3n) is 2.70. The fourth-order valence-electron chi connectivity index (χ4n) is 1.79. The number of benzene rings is 1. The Morgan fingerprint density at radius 3 is 2.62 bits per heavy atom. The van der Waals surface area contributed by atoms with Crippen LogP contribution in [0.2, 0.25) is 0 Å². The van der Waals surface area contributed by atoms with Crippen molar-refractivity contribution in [2.75, 3.05) is 17.2 Å². The van der Waals surface area contributed by atoms with E-state index in [-0.39, 0.29) is 0 Å². The zero-order valence-electron chi connectivity index (χ0n) is 9.90. The first-order valence-electron chi connectivity index (χ1n) is 5.33. The molecule has 3 N–H and O–H groups in total. The molecule has 0 bridgehead atoms. The number of carboxylic acids is 1. The number of hydrogen-bond donors (Lipinski definition) is 2. The van der Waals surface area contributed by atoms with E-state index in [1.807, 2.05) is 30.9 Å². The minimum Gasteiger partial charge on any atom is -0.480 e. The van der Waals surface area contributed by atoms with Crippen molar-refractivity contribution in [2.24, 2.45) is 0 Å². The van der Waals surface area contributed by atoms with E-state index >= 15 is 0 Å². The molecule has 0 aliphatic rings. The molecular weight excluding hydrogens is 204 g/mol. The number of nitrogen functional groups attached to an aromatic ring is 1. The quantitative estimate of drug-likeness (QED) is 0.763. The Morgan fingerprint density at radius 2 is 2.19 bits per heavy atom. The molecule has 0 radical (unpaired) electrons. The lowest BCUT2D eigenvalue weighted by atomic mass is 10.1. The van der Waals surface area contributed by atoms with Crippen LogP contribution >= 0.6 is 0 Å². The van der Waals surface area contributed by atoms with Gasteiger partial charge in [0.15, 0.2) is 0 Å². The molecule has 0 aromatic heterocycles. The molecule has 4 nitrogen and oxygen atoms in total. The van der Waals surface area contributed by atoms with E-state index in [4.69, 9.17) is 10.8 Å². The second-order valence-electron chi connectivity index (χ2n) is 3.85. The molecule has 4 heteroatoms. The lowest BCUT2D eigenvalue weighted by Gasteiger charge is -2.28. The fourth-order valence-corrected chi connectivity index (χ4v) is 1.79. The Kier molecular flexibility index (Phi) is 3.77. The Hall–Kier alpha value is -1.71. The maximum Gasteiger partial charge on any atom is 0.326 e. The standard InChI is InChI=1S/C12H18N2O2/c1-4-14(9(3)12(15)16)11-6-5-10(13)7-8(11)2/h5-7,9H,4,13H2,1-3H3,(H,15,16). The Labute approximate surface area is 95.7 Å². The van der Waals surface area contributed by atoms with Gasteiger partial charge >= 0.3 is 5.97 Å². The van der Waals surface area contributed by atoms with Gasteiger partial charge in [-0.3, -0.25) is 0 Å². The number of hydrogen-bond acceptors (Lipinski definition) is 3. The van der Waals surface area contributed by atoms with E-state index in [9.17, 15) is 4.79 Å². The molecule has 0 spiro atoms. The zero-order chi connectivity index (χ0) is 12.3. The molecule has 0 heterocycles. The third-order valence-corrected chi connectivity index (χ3v) is 2.70. The number of nitrogens with two attached hydrogens (primary N) is 1. The molecule has 0 aliphatic heterocycles. The van der Waals surface area contributed by atoms with Crippen molar-refractivity contribution in [3.05, 3.63) is 23.8 Å². The maximum atomic E-state index is 11.0. The van der Waals surface area contributed by atoms with E-state index in [1.165, 1.54) is 0 Å². The van der Waals surface area contributed by atoms with Crippen molar-refractivity contribution in [3.63, 3.8) is 0 Å². The van der Waals surface area contributed by atoms with Crippen LogP contribution in [0.1, 0.15) is 19.4 Å². The Balaban J connectivity index is 3.08. The minimum absolute atomic E-state index is 0.535. The van der Waals surface area contributed by atoms with Crippen molar-refractivity contribution >= 4 is 17.3 Å². The van der Waals surface area contributed by atoms with Gasteiger partial charge in [0, 0.05) is 17.9 Å². The highest BCUT2D eigenvalue weighted by Crippen LogP contribution is 2.24. The van der Waals surface area contributed by atoms with Crippen molar-refractivity contribution in [1.29, 1.82) is 0 Å². The molecule has 0 amide bonds. The molecule has 1 rings (SSSR count). The first-order valence-corrected chi connectivity index (χ1v) is 5.33. The van der Waals surface area contributed by atoms with E-state index < -0.39 is 12.0 Å². The molecule has 16 heavy (non-hydrogen) atoms. The average molecular weight is 222 g/mol. The smallest absolute Gasteiger partial charge is 0.326 e. The number of carboxylic acid groups (broad SMARTS) is 1. The van der Waals surface area contributed by atoms with Crippen LogP contribution in [-0.2, 0) is 4.79 Å². The van der Waals surface area contributed by atoms with Gasteiger partial charge in [-0.05, 0) is 44.5 Å². The predicted molar refractivity (Wildman–Crippen MR) is 65.7 cm³/mol. The van der Waals surface area contributed by atoms with Crippen LogP contribution in [0, 0.1) is 6.92 Å². The fraction of sp³-hybridized carbons (Fsp3) is 0.417. The first kappa shape index (κ1) is 12.4. The number of carbonyl (C=O) groups is 1. The number of aryl methyl sites for hydroxylation is 1. The van der Waals surface area contributed by atoms with Gasteiger partial charge in [-0.1, -0.05) is 0 Å². The summed E-state index contributed by atoms with van der Waals surface area (Å²) in [6, 6.07) is 4.98. The topological polar surface area (TPSA) is 66.6 Å². The minimum atomic E-state index is -0.821. The highest BCUT2D eigenvalue weighted by atomic mass is 16.4. The maximum absolute atomic E-state index is 11.0. The van der Waals surface area contributed by atoms with Crippen molar-refractivity contribution < 1.29 is 9.90 Å². The number of rotatable bonds is 4. The van der Waals surface area contributed by atoms with E-state index in [1.54, 1.807) is 13.0 Å². The summed E-state index contributed by atoms with van der Waals surface area (Å²) in [5, 5.41) is 9.02. The monoisotopic (exact) mass is 222 g/mol. The molecule has 0 fully saturated rings. The summed E-state index contributed by atoms with van der Waals surface area (Å²) in [5.41, 5.74) is 8.28. The Morgan fingerprint density at radius 1 is 1.56 bits per heavy atom. The first-order chi connectivity index (χ1) is 7.47. The summed E-state index contributed by atoms with van der Waals surface area (Å²) in [6.45, 7) is 6.21. The molecule has 1 unspecified atom stereocenters. The highest BCUT2D eigenvalue weighted by Gasteiger charge is 2.20. The predicted octanol–water partition coefficient (Wildman–Crippen LogP) is 1.88. The lowest BCUT2D eigenvalue weighted by molar-refractivity contribution is -0.138. The van der Waals surface area contributed by atoms with E-state index in [0.717, 1.165) is 11.3 Å². The molecule has 0 aliphatic carbocycles. The number of anilines is 2. The SMILES string of the molecule is CCN(c1ccc(N)cc1C)C(C)C(=O)O. The third kappa shape index (κ3) is 2.45. The van der Waals surface area contributed by atoms with Gasteiger partial charge in [0.1, 0.15) is 6.04 Å². The van der Waals surface area contributed by atoms with Crippen LogP contribution in [0.25, 0.3) is 0 Å². The summed E-state index contributed by atoms with van der Waals surface area (Å²) >= 11 is 0. The van der Waals surface area contributed by atoms with Gasteiger partial charge in [-0.2, -0.15) is 0 Å². The summed E-state index contributed by atoms with van der Waals surface area (Å²) in [5.74, 6) is -0.821. The molecule has 0 saturated heterocycles. The molecule has 88 valence electrons. The highest BCUT2D eigenvalue weighted by molar-refractivity contribution is 5.78. The van der Waals surface area contributed by atoms with Gasteiger partial charge in [-0.25, -0.2) is 4.79 Å². The lowest BCUT2D eigenvalue weighted by Crippen LogP contribution is -2.39. The van der Waals surface area contributed by atoms with Crippen LogP contribution in [0.5, 0.6) is 0 Å². The van der Waals surface area contributed by atoms with E-state index in [2.05, 4.69) is 0 Å². The van der Waals surface area contributed by atoms with Crippen LogP contribution in [-0.4, -0.2) is 23.7 Å². The van der Waals surface area contributed by atoms with Crippen LogP contribution < -0.4 is 10.6 Å². The molecule has 1 aromatic rings. The van der Waals surface area contributed by atoms with Crippen LogP contribution in [0.15, 0.2) is 18.2 Å². The van der Waals surface area contributed by atoms with Gasteiger partial charge in [0.2, 0.25) is 0 Å². The second-order valence-corrected chi connectivity index (χ2v) is 3.85. The zero-order valence-corrected chi connectivity index (χ0v) is 9.90. The second kappa shape index (κ2) is 4.88. The van der Waals surface area contributed by atoms with Gasteiger partial charge in [0.25, 0.3) is 0 Å². The normalized spacial score (nSPS) is 12.2. The summed E-state index contributed by atoms with van der Waals surface area (Å²) in [7, 11) is 0. The summed E-state index contributed by atoms with van der Waals surface area (Å²) < 4.78 is 0. The summed E-state index contributed by atoms with van der Waals surface area (Å²) in [6.07, 6.45) is 0. The summed E-state index contributed by atoms with van der Waals surface area (Å²) in [4.78, 5) is 12.8. The van der Waals surface area contributed by atoms with Crippen molar-refractivity contribution in [2.45, 2.75) is 26.8 Å². The Bertz CT molecular complexity index is 391. The van der Waals surface area contributed by atoms with Gasteiger partial charge < -0.3 is 15.7 Å². The van der Waals surface area contributed by atoms with Gasteiger partial charge in [0.05, 0.1) is 0 Å². The van der Waals surface area contributed by atoms with Crippen molar-refractivity contribution in [1.82, 2.24) is 0 Å². The van der Waals surface area contributed by atoms with Crippen molar-refractivity contribution in [3.8, 4) is 0 Å². The van der Waals surface area contributed by atoms with Gasteiger partial charge in [-0.15, -0.1) is 0 Å². The number of likely N-dealkylation sites (N-methyl/N-ethyl adjacent to an activating group) is 1. The molecule has 0 saturated carbocycles.